The Bertz CT molecular complexity index is 797. The summed E-state index contributed by atoms with van der Waals surface area (Å²) < 4.78 is 5.19. The molecule has 2 rings (SSSR count). The summed E-state index contributed by atoms with van der Waals surface area (Å²) in [6.45, 7) is 3.49. The van der Waals surface area contributed by atoms with Crippen LogP contribution in [0.1, 0.15) is 24.2 Å². The number of carbonyl (C=O) groups is 1. The number of benzene rings is 1. The van der Waals surface area contributed by atoms with Gasteiger partial charge in [0.15, 0.2) is 0 Å². The minimum Gasteiger partial charge on any atom is -0.497 e. The summed E-state index contributed by atoms with van der Waals surface area (Å²) in [4.78, 5) is 16.7. The number of carbonyl (C=O) groups excluding carboxylic acids is 1. The Hall–Kier alpha value is -2.71. The lowest BCUT2D eigenvalue weighted by molar-refractivity contribution is 0.0930. The van der Waals surface area contributed by atoms with Gasteiger partial charge in [0.05, 0.1) is 28.9 Å². The van der Waals surface area contributed by atoms with Crippen LogP contribution in [0.4, 0.5) is 11.5 Å². The number of nitrogens with zero attached hydrogens (tertiary/aromatic N) is 1. The number of amides is 1. The zero-order chi connectivity index (χ0) is 17.7. The van der Waals surface area contributed by atoms with Crippen molar-refractivity contribution in [2.75, 3.05) is 12.4 Å². The SMILES string of the molecule is C#CC(C)(C)NC(=O)c1cccnc1Nc1cc(OC)ccc1Cl. The number of anilines is 2. The number of hydrogen-bond donors (Lipinski definition) is 2. The van der Waals surface area contributed by atoms with Crippen molar-refractivity contribution in [1.82, 2.24) is 10.3 Å². The monoisotopic (exact) mass is 343 g/mol. The van der Waals surface area contributed by atoms with Crippen LogP contribution in [-0.2, 0) is 0 Å². The molecule has 1 heterocycles. The van der Waals surface area contributed by atoms with Crippen LogP contribution < -0.4 is 15.4 Å². The van der Waals surface area contributed by atoms with E-state index in [9.17, 15) is 4.79 Å². The molecule has 6 heteroatoms. The molecule has 0 atom stereocenters. The highest BCUT2D eigenvalue weighted by molar-refractivity contribution is 6.33. The number of rotatable bonds is 5. The number of ether oxygens (including phenoxy) is 1. The standard InChI is InChI=1S/C18H18ClN3O2/c1-5-18(2,3)22-17(23)13-7-6-10-20-16(13)21-15-11-12(24-4)8-9-14(15)19/h1,6-11H,2-4H3,(H,20,21)(H,22,23). The van der Waals surface area contributed by atoms with E-state index in [4.69, 9.17) is 22.8 Å². The fourth-order valence-electron chi connectivity index (χ4n) is 1.93. The molecule has 0 fully saturated rings. The first-order chi connectivity index (χ1) is 11.4. The normalized spacial score (nSPS) is 10.6. The Kier molecular flexibility index (Phi) is 5.32. The lowest BCUT2D eigenvalue weighted by Gasteiger charge is -2.20. The molecule has 1 amide bonds. The van der Waals surface area contributed by atoms with Crippen LogP contribution in [0.5, 0.6) is 5.75 Å². The Labute approximate surface area is 146 Å². The number of hydrogen-bond acceptors (Lipinski definition) is 4. The van der Waals surface area contributed by atoms with E-state index in [1.165, 1.54) is 0 Å². The Morgan fingerprint density at radius 3 is 2.79 bits per heavy atom. The molecule has 0 radical (unpaired) electrons. The molecule has 1 aromatic carbocycles. The molecule has 0 aliphatic rings. The second-order valence-corrected chi connectivity index (χ2v) is 6.00. The van der Waals surface area contributed by atoms with Crippen molar-refractivity contribution in [3.8, 4) is 18.1 Å². The van der Waals surface area contributed by atoms with Crippen molar-refractivity contribution in [3.63, 3.8) is 0 Å². The van der Waals surface area contributed by atoms with Gasteiger partial charge in [0.1, 0.15) is 11.6 Å². The van der Waals surface area contributed by atoms with Crippen molar-refractivity contribution in [2.45, 2.75) is 19.4 Å². The topological polar surface area (TPSA) is 63.2 Å². The average molecular weight is 344 g/mol. The summed E-state index contributed by atoms with van der Waals surface area (Å²) in [5.41, 5.74) is 0.178. The van der Waals surface area contributed by atoms with Crippen LogP contribution in [0, 0.1) is 12.3 Å². The number of pyridine rings is 1. The summed E-state index contributed by atoms with van der Waals surface area (Å²) in [6.07, 6.45) is 7.00. The Morgan fingerprint density at radius 1 is 1.38 bits per heavy atom. The Balaban J connectivity index is 2.33. The Morgan fingerprint density at radius 2 is 2.12 bits per heavy atom. The number of halogens is 1. The molecular weight excluding hydrogens is 326 g/mol. The molecular formula is C18H18ClN3O2. The van der Waals surface area contributed by atoms with E-state index in [0.717, 1.165) is 0 Å². The smallest absolute Gasteiger partial charge is 0.256 e. The van der Waals surface area contributed by atoms with Gasteiger partial charge in [-0.2, -0.15) is 0 Å². The maximum absolute atomic E-state index is 12.5. The third-order valence-corrected chi connectivity index (χ3v) is 3.60. The molecule has 2 N–H and O–H groups in total. The van der Waals surface area contributed by atoms with Crippen molar-refractivity contribution in [1.29, 1.82) is 0 Å². The molecule has 0 aliphatic carbocycles. The van der Waals surface area contributed by atoms with Gasteiger partial charge in [0.25, 0.3) is 5.91 Å². The maximum Gasteiger partial charge on any atom is 0.256 e. The number of methoxy groups -OCH3 is 1. The van der Waals surface area contributed by atoms with E-state index in [1.54, 1.807) is 57.5 Å². The summed E-state index contributed by atoms with van der Waals surface area (Å²) in [6, 6.07) is 8.51. The van der Waals surface area contributed by atoms with Gasteiger partial charge in [-0.25, -0.2) is 4.98 Å². The van der Waals surface area contributed by atoms with Crippen LogP contribution in [0.25, 0.3) is 0 Å². The summed E-state index contributed by atoms with van der Waals surface area (Å²) in [7, 11) is 1.56. The molecule has 0 aliphatic heterocycles. The third-order valence-electron chi connectivity index (χ3n) is 3.27. The van der Waals surface area contributed by atoms with Crippen LogP contribution in [0.15, 0.2) is 36.5 Å². The number of aromatic nitrogens is 1. The van der Waals surface area contributed by atoms with E-state index in [1.807, 2.05) is 0 Å². The second-order valence-electron chi connectivity index (χ2n) is 5.59. The molecule has 2 aromatic rings. The number of nitrogens with one attached hydrogen (secondary N) is 2. The minimum atomic E-state index is -0.766. The lowest BCUT2D eigenvalue weighted by atomic mass is 10.1. The summed E-state index contributed by atoms with van der Waals surface area (Å²) in [5, 5.41) is 6.32. The van der Waals surface area contributed by atoms with Crippen molar-refractivity contribution in [2.24, 2.45) is 0 Å². The maximum atomic E-state index is 12.5. The fraction of sp³-hybridized carbons (Fsp3) is 0.222. The van der Waals surface area contributed by atoms with E-state index in [0.29, 0.717) is 27.8 Å². The minimum absolute atomic E-state index is 0.326. The number of terminal acetylenes is 1. The van der Waals surface area contributed by atoms with E-state index in [2.05, 4.69) is 21.5 Å². The third kappa shape index (κ3) is 4.18. The van der Waals surface area contributed by atoms with Gasteiger partial charge in [-0.05, 0) is 38.1 Å². The average Bonchev–Trinajstić information content (AvgIpc) is 2.57. The van der Waals surface area contributed by atoms with Crippen molar-refractivity contribution >= 4 is 29.0 Å². The predicted octanol–water partition coefficient (Wildman–Crippen LogP) is 3.63. The zero-order valence-electron chi connectivity index (χ0n) is 13.7. The highest BCUT2D eigenvalue weighted by Crippen LogP contribution is 2.30. The van der Waals surface area contributed by atoms with E-state index in [-0.39, 0.29) is 5.91 Å². The summed E-state index contributed by atoms with van der Waals surface area (Å²) in [5.74, 6) is 3.21. The molecule has 0 unspecified atom stereocenters. The summed E-state index contributed by atoms with van der Waals surface area (Å²) >= 11 is 6.19. The first-order valence-electron chi connectivity index (χ1n) is 7.22. The van der Waals surface area contributed by atoms with Crippen molar-refractivity contribution in [3.05, 3.63) is 47.1 Å². The molecule has 124 valence electrons. The first kappa shape index (κ1) is 17.6. The molecule has 5 nitrogen and oxygen atoms in total. The zero-order valence-corrected chi connectivity index (χ0v) is 14.4. The fourth-order valence-corrected chi connectivity index (χ4v) is 2.09. The van der Waals surface area contributed by atoms with Crippen LogP contribution in [0.3, 0.4) is 0 Å². The van der Waals surface area contributed by atoms with E-state index < -0.39 is 5.54 Å². The molecule has 0 saturated heterocycles. The molecule has 1 aromatic heterocycles. The molecule has 0 spiro atoms. The van der Waals surface area contributed by atoms with Gasteiger partial charge in [-0.3, -0.25) is 4.79 Å². The highest BCUT2D eigenvalue weighted by atomic mass is 35.5. The quantitative estimate of drug-likeness (QED) is 0.814. The van der Waals surface area contributed by atoms with Gasteiger partial charge in [-0.15, -0.1) is 6.42 Å². The van der Waals surface area contributed by atoms with Gasteiger partial charge in [0, 0.05) is 12.3 Å². The molecule has 0 saturated carbocycles. The van der Waals surface area contributed by atoms with Gasteiger partial charge in [0.2, 0.25) is 0 Å². The van der Waals surface area contributed by atoms with Gasteiger partial charge in [-0.1, -0.05) is 17.5 Å². The largest absolute Gasteiger partial charge is 0.497 e. The first-order valence-corrected chi connectivity index (χ1v) is 7.60. The lowest BCUT2D eigenvalue weighted by Crippen LogP contribution is -2.42. The molecule has 0 bridgehead atoms. The van der Waals surface area contributed by atoms with Crippen LogP contribution >= 0.6 is 11.6 Å². The van der Waals surface area contributed by atoms with Crippen molar-refractivity contribution < 1.29 is 9.53 Å². The highest BCUT2D eigenvalue weighted by Gasteiger charge is 2.21. The second kappa shape index (κ2) is 7.24. The van der Waals surface area contributed by atoms with Gasteiger partial charge >= 0.3 is 0 Å². The van der Waals surface area contributed by atoms with E-state index >= 15 is 0 Å². The molecule has 24 heavy (non-hydrogen) atoms. The van der Waals surface area contributed by atoms with Crippen LogP contribution in [0.2, 0.25) is 5.02 Å². The van der Waals surface area contributed by atoms with Crippen LogP contribution in [-0.4, -0.2) is 23.5 Å². The predicted molar refractivity (Wildman–Crippen MR) is 95.9 cm³/mol. The van der Waals surface area contributed by atoms with Gasteiger partial charge < -0.3 is 15.4 Å².